The van der Waals surface area contributed by atoms with Crippen molar-refractivity contribution in [3.63, 3.8) is 0 Å². The number of nitrogens with zero attached hydrogens (tertiary/aromatic N) is 3. The van der Waals surface area contributed by atoms with E-state index in [4.69, 9.17) is 5.73 Å². The molecule has 0 bridgehead atoms. The number of aromatic hydroxyl groups is 1. The summed E-state index contributed by atoms with van der Waals surface area (Å²) in [6, 6.07) is 1.30. The quantitative estimate of drug-likeness (QED) is 0.356. The predicted octanol–water partition coefficient (Wildman–Crippen LogP) is -0.941. The van der Waals surface area contributed by atoms with E-state index in [-0.39, 0.29) is 5.96 Å². The molecule has 1 aromatic rings. The number of amides is 1. The molecule has 0 unspecified atom stereocenters. The smallest absolute Gasteiger partial charge is 0.267 e. The summed E-state index contributed by atoms with van der Waals surface area (Å²) in [5.41, 5.74) is 4.75. The molecule has 0 aromatic carbocycles. The van der Waals surface area contributed by atoms with Crippen molar-refractivity contribution in [3.8, 4) is 5.75 Å². The number of nitrogens with one attached hydrogen (secondary N) is 1. The van der Waals surface area contributed by atoms with E-state index in [0.29, 0.717) is 5.69 Å². The van der Waals surface area contributed by atoms with Crippen LogP contribution in [0, 0.1) is 6.92 Å². The molecule has 0 saturated carbocycles. The van der Waals surface area contributed by atoms with Gasteiger partial charge in [-0.2, -0.15) is 5.10 Å². The van der Waals surface area contributed by atoms with Crippen LogP contribution in [-0.4, -0.2) is 28.3 Å². The lowest BCUT2D eigenvalue weighted by molar-refractivity contribution is 0.0972. The van der Waals surface area contributed by atoms with E-state index >= 15 is 0 Å². The van der Waals surface area contributed by atoms with Crippen LogP contribution in [0.15, 0.2) is 21.1 Å². The number of pyridine rings is 1. The highest BCUT2D eigenvalue weighted by molar-refractivity contribution is 6.06. The zero-order valence-corrected chi connectivity index (χ0v) is 9.97. The van der Waals surface area contributed by atoms with Crippen molar-refractivity contribution in [2.45, 2.75) is 6.92 Å². The molecule has 0 aliphatic rings. The monoisotopic (exact) mass is 251 g/mol. The molecule has 8 nitrogen and oxygen atoms in total. The molecular weight excluding hydrogens is 238 g/mol. The van der Waals surface area contributed by atoms with Crippen LogP contribution < -0.4 is 16.6 Å². The van der Waals surface area contributed by atoms with Crippen molar-refractivity contribution in [3.05, 3.63) is 27.7 Å². The normalized spacial score (nSPS) is 11.1. The number of nitrogens with two attached hydrogens (primary N) is 1. The molecule has 0 radical (unpaired) electrons. The Morgan fingerprint density at radius 2 is 2.22 bits per heavy atom. The van der Waals surface area contributed by atoms with E-state index in [1.165, 1.54) is 17.7 Å². The van der Waals surface area contributed by atoms with E-state index in [1.807, 2.05) is 0 Å². The Kier molecular flexibility index (Phi) is 3.82. The van der Waals surface area contributed by atoms with Crippen molar-refractivity contribution in [1.82, 2.24) is 9.88 Å². The van der Waals surface area contributed by atoms with Gasteiger partial charge in [0, 0.05) is 25.5 Å². The molecule has 1 rings (SSSR count). The summed E-state index contributed by atoms with van der Waals surface area (Å²) in [4.78, 5) is 23.5. The molecule has 1 amide bonds. The molecule has 1 heterocycles. The molecule has 0 saturated heterocycles. The van der Waals surface area contributed by atoms with E-state index in [1.54, 1.807) is 6.92 Å². The molecule has 0 aliphatic carbocycles. The Bertz CT molecular complexity index is 588. The number of aromatic nitrogens is 1. The van der Waals surface area contributed by atoms with Gasteiger partial charge in [-0.05, 0) is 6.92 Å². The number of hydrogen-bond donors (Lipinski definition) is 3. The van der Waals surface area contributed by atoms with Gasteiger partial charge in [0.25, 0.3) is 11.5 Å². The van der Waals surface area contributed by atoms with Gasteiger partial charge in [-0.25, -0.2) is 0 Å². The third-order valence-electron chi connectivity index (χ3n) is 2.30. The van der Waals surface area contributed by atoms with Gasteiger partial charge in [-0.1, -0.05) is 0 Å². The summed E-state index contributed by atoms with van der Waals surface area (Å²) in [6.45, 7) is 4.68. The van der Waals surface area contributed by atoms with Crippen molar-refractivity contribution < 1.29 is 9.90 Å². The maximum Gasteiger partial charge on any atom is 0.267 e. The first-order chi connectivity index (χ1) is 8.38. The minimum absolute atomic E-state index is 0.322. The van der Waals surface area contributed by atoms with E-state index < -0.39 is 22.8 Å². The number of carbonyl (C=O) groups excluding carboxylic acids is 1. The van der Waals surface area contributed by atoms with Crippen molar-refractivity contribution >= 4 is 18.6 Å². The number of rotatable bonds is 2. The topological polar surface area (TPSA) is 122 Å². The van der Waals surface area contributed by atoms with Crippen molar-refractivity contribution in [2.75, 3.05) is 0 Å². The molecule has 0 spiro atoms. The fraction of sp³-hybridized carbons (Fsp3) is 0.200. The van der Waals surface area contributed by atoms with E-state index in [2.05, 4.69) is 22.2 Å². The van der Waals surface area contributed by atoms with Gasteiger partial charge in [-0.3, -0.25) is 14.9 Å². The largest absolute Gasteiger partial charge is 0.507 e. The van der Waals surface area contributed by atoms with Gasteiger partial charge in [0.15, 0.2) is 0 Å². The van der Waals surface area contributed by atoms with Crippen LogP contribution in [0.3, 0.4) is 0 Å². The lowest BCUT2D eigenvalue weighted by Gasteiger charge is -2.09. The van der Waals surface area contributed by atoms with E-state index in [9.17, 15) is 14.7 Å². The SMILES string of the molecule is C=N/N=C(\N)NC(=O)c1c(O)cc(C)n(C)c1=O. The molecule has 4 N–H and O–H groups in total. The average molecular weight is 251 g/mol. The van der Waals surface area contributed by atoms with Gasteiger partial charge >= 0.3 is 0 Å². The van der Waals surface area contributed by atoms with E-state index in [0.717, 1.165) is 0 Å². The molecule has 96 valence electrons. The number of guanidine groups is 1. The van der Waals surface area contributed by atoms with Crippen LogP contribution in [0.1, 0.15) is 16.1 Å². The standard InChI is InChI=1S/C10H13N5O3/c1-5-4-6(16)7(9(18)15(5)3)8(17)13-10(11)14-12-2/h4,16H,2H2,1,3H3,(H3,11,13,14,17). The number of carbonyl (C=O) groups is 1. The highest BCUT2D eigenvalue weighted by Gasteiger charge is 2.18. The lowest BCUT2D eigenvalue weighted by atomic mass is 10.2. The van der Waals surface area contributed by atoms with Gasteiger partial charge in [-0.15, -0.1) is 5.10 Å². The first-order valence-corrected chi connectivity index (χ1v) is 4.88. The number of hydrogen-bond acceptors (Lipinski definition) is 5. The van der Waals surface area contributed by atoms with Gasteiger partial charge in [0.2, 0.25) is 5.96 Å². The Balaban J connectivity index is 3.23. The zero-order valence-electron chi connectivity index (χ0n) is 9.97. The van der Waals surface area contributed by atoms with Crippen LogP contribution >= 0.6 is 0 Å². The van der Waals surface area contributed by atoms with Crippen molar-refractivity contribution in [1.29, 1.82) is 0 Å². The molecule has 0 fully saturated rings. The van der Waals surface area contributed by atoms with Gasteiger partial charge in [0.1, 0.15) is 11.3 Å². The van der Waals surface area contributed by atoms with Gasteiger partial charge < -0.3 is 15.4 Å². The van der Waals surface area contributed by atoms with Crippen LogP contribution in [0.4, 0.5) is 0 Å². The summed E-state index contributed by atoms with van der Waals surface area (Å²) in [7, 11) is 1.48. The lowest BCUT2D eigenvalue weighted by Crippen LogP contribution is -2.40. The molecule has 8 heteroatoms. The molecule has 18 heavy (non-hydrogen) atoms. The summed E-state index contributed by atoms with van der Waals surface area (Å²) in [5.74, 6) is -1.61. The second-order valence-corrected chi connectivity index (χ2v) is 3.49. The summed E-state index contributed by atoms with van der Waals surface area (Å²) in [6.07, 6.45) is 0. The van der Waals surface area contributed by atoms with Crippen LogP contribution in [0.5, 0.6) is 5.75 Å². The minimum Gasteiger partial charge on any atom is -0.507 e. The third-order valence-corrected chi connectivity index (χ3v) is 2.30. The summed E-state index contributed by atoms with van der Waals surface area (Å²) >= 11 is 0. The average Bonchev–Trinajstić information content (AvgIpc) is 2.26. The zero-order chi connectivity index (χ0) is 13.9. The predicted molar refractivity (Wildman–Crippen MR) is 66.7 cm³/mol. The minimum atomic E-state index is -0.863. The summed E-state index contributed by atoms with van der Waals surface area (Å²) in [5, 5.41) is 18.1. The maximum atomic E-state index is 11.8. The highest BCUT2D eigenvalue weighted by atomic mass is 16.3. The molecular formula is C10H13N5O3. The van der Waals surface area contributed by atoms with Crippen LogP contribution in [-0.2, 0) is 7.05 Å². The Morgan fingerprint density at radius 1 is 1.61 bits per heavy atom. The van der Waals surface area contributed by atoms with Gasteiger partial charge in [0.05, 0.1) is 0 Å². The Hall–Kier alpha value is -2.64. The first kappa shape index (κ1) is 13.4. The first-order valence-electron chi connectivity index (χ1n) is 4.88. The third kappa shape index (κ3) is 2.54. The molecule has 1 aromatic heterocycles. The molecule has 0 atom stereocenters. The highest BCUT2D eigenvalue weighted by Crippen LogP contribution is 2.13. The number of aryl methyl sites for hydroxylation is 1. The second-order valence-electron chi connectivity index (χ2n) is 3.49. The van der Waals surface area contributed by atoms with Crippen molar-refractivity contribution in [2.24, 2.45) is 23.0 Å². The van der Waals surface area contributed by atoms with Crippen LogP contribution in [0.25, 0.3) is 0 Å². The molecule has 0 aliphatic heterocycles. The second kappa shape index (κ2) is 5.13. The Labute approximate surface area is 102 Å². The fourth-order valence-corrected chi connectivity index (χ4v) is 1.30. The fourth-order valence-electron chi connectivity index (χ4n) is 1.30. The Morgan fingerprint density at radius 3 is 2.78 bits per heavy atom. The maximum absolute atomic E-state index is 11.8. The summed E-state index contributed by atoms with van der Waals surface area (Å²) < 4.78 is 1.23. The van der Waals surface area contributed by atoms with Crippen LogP contribution in [0.2, 0.25) is 0 Å².